The third-order valence-electron chi connectivity index (χ3n) is 2.58. The Kier molecular flexibility index (Phi) is 6.95. The zero-order valence-corrected chi connectivity index (χ0v) is 12.3. The van der Waals surface area contributed by atoms with Crippen molar-refractivity contribution in [2.45, 2.75) is 6.92 Å². The van der Waals surface area contributed by atoms with Gasteiger partial charge in [-0.25, -0.2) is 8.78 Å². The van der Waals surface area contributed by atoms with Crippen molar-refractivity contribution < 1.29 is 18.3 Å². The second-order valence-electron chi connectivity index (χ2n) is 4.06. The molecule has 0 radical (unpaired) electrons. The van der Waals surface area contributed by atoms with Crippen LogP contribution in [0.1, 0.15) is 6.92 Å². The molecule has 0 bridgehead atoms. The molecule has 0 N–H and O–H groups in total. The summed E-state index contributed by atoms with van der Waals surface area (Å²) < 4.78 is 35.7. The third kappa shape index (κ3) is 5.26. The molecule has 0 fully saturated rings. The van der Waals surface area contributed by atoms with E-state index in [-0.39, 0.29) is 11.6 Å². The summed E-state index contributed by atoms with van der Waals surface area (Å²) in [5, 5.41) is 0. The van der Waals surface area contributed by atoms with Gasteiger partial charge in [-0.3, -0.25) is 0 Å². The first-order chi connectivity index (χ1) is 10.1. The fourth-order valence-electron chi connectivity index (χ4n) is 1.65. The topological polar surface area (TPSA) is 18.5 Å². The molecule has 0 heterocycles. The van der Waals surface area contributed by atoms with Gasteiger partial charge in [-0.05, 0) is 42.3 Å². The van der Waals surface area contributed by atoms with Crippen LogP contribution in [0.4, 0.5) is 8.78 Å². The SMILES string of the molecule is C/C=C/OC.COc1ccc(-c2cccc(F)c2)cc1F. The zero-order chi connectivity index (χ0) is 15.7. The second-order valence-corrected chi connectivity index (χ2v) is 4.06. The van der Waals surface area contributed by atoms with E-state index in [1.54, 1.807) is 31.6 Å². The molecule has 4 heteroatoms. The third-order valence-corrected chi connectivity index (χ3v) is 2.58. The van der Waals surface area contributed by atoms with Crippen LogP contribution in [0.3, 0.4) is 0 Å². The Morgan fingerprint density at radius 2 is 1.67 bits per heavy atom. The van der Waals surface area contributed by atoms with Crippen LogP contribution in [0.2, 0.25) is 0 Å². The summed E-state index contributed by atoms with van der Waals surface area (Å²) in [6.07, 6.45) is 3.46. The number of hydrogen-bond acceptors (Lipinski definition) is 2. The molecule has 0 saturated carbocycles. The maximum atomic E-state index is 13.4. The second kappa shape index (κ2) is 8.74. The maximum absolute atomic E-state index is 13.4. The standard InChI is InChI=1S/C13H10F2O.C4H8O/c1-16-13-6-5-10(8-12(13)15)9-3-2-4-11(14)7-9;1-3-4-5-2/h2-8H,1H3;3-4H,1-2H3/b;4-3+. The van der Waals surface area contributed by atoms with Gasteiger partial charge in [0.1, 0.15) is 5.82 Å². The van der Waals surface area contributed by atoms with Crippen LogP contribution >= 0.6 is 0 Å². The molecule has 0 aromatic heterocycles. The van der Waals surface area contributed by atoms with Gasteiger partial charge in [0.25, 0.3) is 0 Å². The molecule has 0 aliphatic heterocycles. The molecule has 0 atom stereocenters. The first kappa shape index (κ1) is 16.7. The molecule has 2 nitrogen and oxygen atoms in total. The van der Waals surface area contributed by atoms with Crippen LogP contribution in [0, 0.1) is 11.6 Å². The van der Waals surface area contributed by atoms with E-state index in [4.69, 9.17) is 4.74 Å². The minimum absolute atomic E-state index is 0.181. The lowest BCUT2D eigenvalue weighted by atomic mass is 10.1. The van der Waals surface area contributed by atoms with Gasteiger partial charge in [0.15, 0.2) is 11.6 Å². The predicted molar refractivity (Wildman–Crippen MR) is 80.2 cm³/mol. The van der Waals surface area contributed by atoms with E-state index in [9.17, 15) is 8.78 Å². The number of rotatable bonds is 3. The summed E-state index contributed by atoms with van der Waals surface area (Å²) in [5.74, 6) is -0.613. The summed E-state index contributed by atoms with van der Waals surface area (Å²) >= 11 is 0. The van der Waals surface area contributed by atoms with Crippen molar-refractivity contribution in [2.75, 3.05) is 14.2 Å². The number of methoxy groups -OCH3 is 2. The highest BCUT2D eigenvalue weighted by molar-refractivity contribution is 5.64. The van der Waals surface area contributed by atoms with E-state index >= 15 is 0 Å². The summed E-state index contributed by atoms with van der Waals surface area (Å²) in [6.45, 7) is 1.91. The van der Waals surface area contributed by atoms with Crippen molar-refractivity contribution in [2.24, 2.45) is 0 Å². The maximum Gasteiger partial charge on any atom is 0.165 e. The van der Waals surface area contributed by atoms with Gasteiger partial charge in [-0.2, -0.15) is 0 Å². The lowest BCUT2D eigenvalue weighted by Gasteiger charge is -2.05. The number of hydrogen-bond donors (Lipinski definition) is 0. The molecular weight excluding hydrogens is 274 g/mol. The normalized spacial score (nSPS) is 9.95. The Morgan fingerprint density at radius 1 is 0.952 bits per heavy atom. The highest BCUT2D eigenvalue weighted by atomic mass is 19.1. The number of halogens is 2. The molecule has 0 aliphatic rings. The Balaban J connectivity index is 0.000000383. The fourth-order valence-corrected chi connectivity index (χ4v) is 1.65. The van der Waals surface area contributed by atoms with E-state index in [0.29, 0.717) is 11.1 Å². The highest BCUT2D eigenvalue weighted by Crippen LogP contribution is 2.25. The van der Waals surface area contributed by atoms with Crippen molar-refractivity contribution in [1.29, 1.82) is 0 Å². The zero-order valence-electron chi connectivity index (χ0n) is 12.3. The molecule has 112 valence electrons. The van der Waals surface area contributed by atoms with E-state index in [0.717, 1.165) is 0 Å². The van der Waals surface area contributed by atoms with Crippen molar-refractivity contribution in [3.05, 3.63) is 66.4 Å². The molecule has 2 rings (SSSR count). The van der Waals surface area contributed by atoms with Crippen molar-refractivity contribution in [1.82, 2.24) is 0 Å². The minimum atomic E-state index is -0.454. The van der Waals surface area contributed by atoms with Gasteiger partial charge in [0, 0.05) is 0 Å². The van der Waals surface area contributed by atoms with Crippen molar-refractivity contribution in [3.63, 3.8) is 0 Å². The van der Waals surface area contributed by atoms with Gasteiger partial charge in [-0.1, -0.05) is 24.3 Å². The van der Waals surface area contributed by atoms with Gasteiger partial charge >= 0.3 is 0 Å². The molecule has 21 heavy (non-hydrogen) atoms. The largest absolute Gasteiger partial charge is 0.505 e. The Bertz CT molecular complexity index is 595. The average molecular weight is 292 g/mol. The quantitative estimate of drug-likeness (QED) is 0.756. The fraction of sp³-hybridized carbons (Fsp3) is 0.176. The van der Waals surface area contributed by atoms with Crippen LogP contribution in [0.5, 0.6) is 5.75 Å². The molecule has 0 amide bonds. The molecule has 0 spiro atoms. The van der Waals surface area contributed by atoms with Gasteiger partial charge < -0.3 is 9.47 Å². The van der Waals surface area contributed by atoms with Crippen LogP contribution in [0.15, 0.2) is 54.8 Å². The van der Waals surface area contributed by atoms with Crippen molar-refractivity contribution in [3.8, 4) is 16.9 Å². The number of allylic oxidation sites excluding steroid dienone is 1. The molecule has 0 aliphatic carbocycles. The Labute approximate surface area is 123 Å². The van der Waals surface area contributed by atoms with E-state index in [2.05, 4.69) is 4.74 Å². The van der Waals surface area contributed by atoms with E-state index < -0.39 is 5.82 Å². The first-order valence-electron chi connectivity index (χ1n) is 6.35. The van der Waals surface area contributed by atoms with Crippen LogP contribution in [-0.4, -0.2) is 14.2 Å². The molecule has 2 aromatic carbocycles. The molecule has 2 aromatic rings. The van der Waals surface area contributed by atoms with E-state index in [1.165, 1.54) is 31.4 Å². The summed E-state index contributed by atoms with van der Waals surface area (Å²) in [5.41, 5.74) is 1.26. The smallest absolute Gasteiger partial charge is 0.165 e. The predicted octanol–water partition coefficient (Wildman–Crippen LogP) is 4.81. The summed E-state index contributed by atoms with van der Waals surface area (Å²) in [6, 6.07) is 10.6. The van der Waals surface area contributed by atoms with Crippen LogP contribution in [0.25, 0.3) is 11.1 Å². The first-order valence-corrected chi connectivity index (χ1v) is 6.35. The molecule has 0 saturated heterocycles. The van der Waals surface area contributed by atoms with Gasteiger partial charge in [0.05, 0.1) is 20.5 Å². The summed E-state index contributed by atoms with van der Waals surface area (Å²) in [4.78, 5) is 0. The monoisotopic (exact) mass is 292 g/mol. The lowest BCUT2D eigenvalue weighted by Crippen LogP contribution is -1.88. The molecule has 0 unspecified atom stereocenters. The van der Waals surface area contributed by atoms with Gasteiger partial charge in [-0.15, -0.1) is 0 Å². The average Bonchev–Trinajstić information content (AvgIpc) is 2.48. The highest BCUT2D eigenvalue weighted by Gasteiger charge is 2.05. The van der Waals surface area contributed by atoms with Crippen LogP contribution in [-0.2, 0) is 4.74 Å². The minimum Gasteiger partial charge on any atom is -0.505 e. The van der Waals surface area contributed by atoms with Crippen molar-refractivity contribution >= 4 is 0 Å². The summed E-state index contributed by atoms with van der Waals surface area (Å²) in [7, 11) is 3.03. The molecular formula is C17H18F2O2. The number of ether oxygens (including phenoxy) is 2. The van der Waals surface area contributed by atoms with Gasteiger partial charge in [0.2, 0.25) is 0 Å². The lowest BCUT2D eigenvalue weighted by molar-refractivity contribution is 0.337. The van der Waals surface area contributed by atoms with E-state index in [1.807, 2.05) is 13.0 Å². The Hall–Kier alpha value is -2.36. The number of benzene rings is 2. The van der Waals surface area contributed by atoms with Crippen LogP contribution < -0.4 is 4.74 Å². The Morgan fingerprint density at radius 3 is 2.14 bits per heavy atom.